The van der Waals surface area contributed by atoms with E-state index in [1.165, 1.54) is 17.3 Å². The number of carbonyl (C=O) groups excluding carboxylic acids is 1. The molecule has 0 spiro atoms. The van der Waals surface area contributed by atoms with E-state index in [1.807, 2.05) is 4.90 Å². The van der Waals surface area contributed by atoms with Gasteiger partial charge in [0.25, 0.3) is 0 Å². The molecule has 0 radical (unpaired) electrons. The number of halogens is 2. The van der Waals surface area contributed by atoms with Crippen LogP contribution >= 0.6 is 0 Å². The topological polar surface area (TPSA) is 53.4 Å². The fourth-order valence-electron chi connectivity index (χ4n) is 2.30. The Bertz CT molecular complexity index is 462. The summed E-state index contributed by atoms with van der Waals surface area (Å²) < 4.78 is 26.5. The van der Waals surface area contributed by atoms with Crippen molar-refractivity contribution in [2.24, 2.45) is 0 Å². The van der Waals surface area contributed by atoms with Gasteiger partial charge in [0.1, 0.15) is 11.9 Å². The quantitative estimate of drug-likeness (QED) is 0.856. The molecule has 1 unspecified atom stereocenters. The Hall–Kier alpha value is -1.54. The minimum Gasteiger partial charge on any atom is -0.347 e. The lowest BCUT2D eigenvalue weighted by atomic mass is 10.1. The highest BCUT2D eigenvalue weighted by Crippen LogP contribution is 2.16. The van der Waals surface area contributed by atoms with Gasteiger partial charge in [-0.2, -0.15) is 8.78 Å². The van der Waals surface area contributed by atoms with E-state index in [0.717, 1.165) is 11.1 Å². The summed E-state index contributed by atoms with van der Waals surface area (Å²) in [5, 5.41) is 3.15. The highest BCUT2D eigenvalue weighted by Gasteiger charge is 2.30. The van der Waals surface area contributed by atoms with E-state index in [0.29, 0.717) is 13.1 Å². The third-order valence-corrected chi connectivity index (χ3v) is 3.38. The molecule has 1 aromatic heterocycles. The second kappa shape index (κ2) is 6.27. The van der Waals surface area contributed by atoms with Crippen LogP contribution in [0.3, 0.4) is 0 Å². The Kier molecular flexibility index (Phi) is 4.66. The van der Waals surface area contributed by atoms with Crippen molar-refractivity contribution in [1.29, 1.82) is 0 Å². The summed E-state index contributed by atoms with van der Waals surface area (Å²) in [5.74, 6) is 0.241. The van der Waals surface area contributed by atoms with E-state index >= 15 is 0 Å². The summed E-state index contributed by atoms with van der Waals surface area (Å²) in [6.07, 6.45) is 2.61. The lowest BCUT2D eigenvalue weighted by Crippen LogP contribution is -2.57. The number of amides is 1. The highest BCUT2D eigenvalue weighted by molar-refractivity contribution is 5.81. The molecule has 0 saturated carbocycles. The first-order valence-corrected chi connectivity index (χ1v) is 6.46. The molecule has 0 aliphatic carbocycles. The monoisotopic (exact) mass is 287 g/mol. The number of nitrogens with zero attached hydrogens (tertiary/aromatic N) is 4. The van der Waals surface area contributed by atoms with Crippen LogP contribution in [0.2, 0.25) is 0 Å². The standard InChI is InChI=1S/C12H19F2N5O/c1-17(2)11(20)9-7-15-3-5-18(9)8-10-16-4-6-19(10)12(13)14/h4,6,9,12,15H,3,5,7-8H2,1-2H3. The van der Waals surface area contributed by atoms with E-state index in [1.54, 1.807) is 14.1 Å². The Morgan fingerprint density at radius 3 is 3.00 bits per heavy atom. The van der Waals surface area contributed by atoms with Crippen LogP contribution in [0.1, 0.15) is 12.4 Å². The van der Waals surface area contributed by atoms with Gasteiger partial charge in [0, 0.05) is 46.1 Å². The Morgan fingerprint density at radius 1 is 1.60 bits per heavy atom. The van der Waals surface area contributed by atoms with Gasteiger partial charge in [0.05, 0.1) is 6.54 Å². The number of hydrogen-bond donors (Lipinski definition) is 1. The predicted molar refractivity (Wildman–Crippen MR) is 69.2 cm³/mol. The van der Waals surface area contributed by atoms with Crippen LogP contribution in [0.25, 0.3) is 0 Å². The Labute approximate surface area is 116 Å². The molecular formula is C12H19F2N5O. The highest BCUT2D eigenvalue weighted by atomic mass is 19.3. The molecule has 1 aliphatic heterocycles. The van der Waals surface area contributed by atoms with Crippen LogP contribution in [0.15, 0.2) is 12.4 Å². The Morgan fingerprint density at radius 2 is 2.35 bits per heavy atom. The van der Waals surface area contributed by atoms with Gasteiger partial charge in [0.15, 0.2) is 0 Å². The maximum atomic E-state index is 12.8. The number of nitrogens with one attached hydrogen (secondary N) is 1. The van der Waals surface area contributed by atoms with Crippen molar-refractivity contribution in [3.05, 3.63) is 18.2 Å². The molecule has 6 nitrogen and oxygen atoms in total. The van der Waals surface area contributed by atoms with Gasteiger partial charge in [-0.1, -0.05) is 0 Å². The third kappa shape index (κ3) is 3.13. The van der Waals surface area contributed by atoms with Crippen molar-refractivity contribution in [3.63, 3.8) is 0 Å². The molecule has 1 fully saturated rings. The number of rotatable bonds is 4. The first-order valence-electron chi connectivity index (χ1n) is 6.46. The number of hydrogen-bond acceptors (Lipinski definition) is 4. The zero-order valence-electron chi connectivity index (χ0n) is 11.6. The normalized spacial score (nSPS) is 20.4. The summed E-state index contributed by atoms with van der Waals surface area (Å²) in [6.45, 7) is -0.499. The molecule has 1 aliphatic rings. The van der Waals surface area contributed by atoms with Gasteiger partial charge in [0.2, 0.25) is 5.91 Å². The molecule has 1 atom stereocenters. The Balaban J connectivity index is 2.12. The largest absolute Gasteiger partial charge is 0.347 e. The summed E-state index contributed by atoms with van der Waals surface area (Å²) in [6, 6.07) is -0.346. The molecule has 20 heavy (non-hydrogen) atoms. The van der Waals surface area contributed by atoms with Gasteiger partial charge in [-0.05, 0) is 0 Å². The summed E-state index contributed by atoms with van der Waals surface area (Å²) in [4.78, 5) is 19.5. The van der Waals surface area contributed by atoms with Crippen molar-refractivity contribution >= 4 is 5.91 Å². The molecule has 2 rings (SSSR count). The number of likely N-dealkylation sites (N-methyl/N-ethyl adjacent to an activating group) is 1. The molecule has 8 heteroatoms. The van der Waals surface area contributed by atoms with Crippen LogP contribution in [0, 0.1) is 0 Å². The van der Waals surface area contributed by atoms with Gasteiger partial charge >= 0.3 is 6.55 Å². The number of alkyl halides is 2. The predicted octanol–water partition coefficient (Wildman–Crippen LogP) is 0.140. The van der Waals surface area contributed by atoms with Crippen molar-refractivity contribution in [2.45, 2.75) is 19.1 Å². The zero-order valence-corrected chi connectivity index (χ0v) is 11.6. The third-order valence-electron chi connectivity index (χ3n) is 3.38. The number of carbonyl (C=O) groups is 1. The van der Waals surface area contributed by atoms with E-state index < -0.39 is 6.55 Å². The number of imidazole rings is 1. The van der Waals surface area contributed by atoms with Crippen molar-refractivity contribution in [1.82, 2.24) is 24.7 Å². The van der Waals surface area contributed by atoms with Crippen LogP contribution in [0.4, 0.5) is 8.78 Å². The molecule has 112 valence electrons. The molecule has 1 amide bonds. The minimum absolute atomic E-state index is 0.0349. The fraction of sp³-hybridized carbons (Fsp3) is 0.667. The van der Waals surface area contributed by atoms with E-state index in [4.69, 9.17) is 0 Å². The van der Waals surface area contributed by atoms with Gasteiger partial charge in [-0.3, -0.25) is 14.3 Å². The summed E-state index contributed by atoms with van der Waals surface area (Å²) in [5.41, 5.74) is 0. The second-order valence-electron chi connectivity index (χ2n) is 4.95. The smallest absolute Gasteiger partial charge is 0.319 e. The molecule has 1 aromatic rings. The van der Waals surface area contributed by atoms with E-state index in [-0.39, 0.29) is 24.3 Å². The molecule has 2 heterocycles. The van der Waals surface area contributed by atoms with Crippen LogP contribution < -0.4 is 5.32 Å². The van der Waals surface area contributed by atoms with Gasteiger partial charge < -0.3 is 10.2 Å². The molecule has 0 bridgehead atoms. The SMILES string of the molecule is CN(C)C(=O)C1CNCCN1Cc1nccn1C(F)F. The lowest BCUT2D eigenvalue weighted by Gasteiger charge is -2.36. The maximum Gasteiger partial charge on any atom is 0.319 e. The van der Waals surface area contributed by atoms with Crippen LogP contribution in [0.5, 0.6) is 0 Å². The molecule has 1 N–H and O–H groups in total. The minimum atomic E-state index is -2.61. The van der Waals surface area contributed by atoms with E-state index in [9.17, 15) is 13.6 Å². The zero-order chi connectivity index (χ0) is 14.7. The summed E-state index contributed by atoms with van der Waals surface area (Å²) in [7, 11) is 3.38. The van der Waals surface area contributed by atoms with Gasteiger partial charge in [-0.25, -0.2) is 4.98 Å². The molecule has 1 saturated heterocycles. The molecular weight excluding hydrogens is 268 g/mol. The second-order valence-corrected chi connectivity index (χ2v) is 4.95. The first-order chi connectivity index (χ1) is 9.50. The van der Waals surface area contributed by atoms with Crippen molar-refractivity contribution < 1.29 is 13.6 Å². The summed E-state index contributed by atoms with van der Waals surface area (Å²) >= 11 is 0. The average Bonchev–Trinajstić information content (AvgIpc) is 2.87. The molecule has 0 aromatic carbocycles. The number of aromatic nitrogens is 2. The van der Waals surface area contributed by atoms with Crippen LogP contribution in [-0.4, -0.2) is 65.0 Å². The van der Waals surface area contributed by atoms with E-state index in [2.05, 4.69) is 10.3 Å². The van der Waals surface area contributed by atoms with Crippen molar-refractivity contribution in [3.8, 4) is 0 Å². The fourth-order valence-corrected chi connectivity index (χ4v) is 2.30. The first kappa shape index (κ1) is 14.9. The number of piperazine rings is 1. The van der Waals surface area contributed by atoms with Crippen molar-refractivity contribution in [2.75, 3.05) is 33.7 Å². The maximum absolute atomic E-state index is 12.8. The lowest BCUT2D eigenvalue weighted by molar-refractivity contribution is -0.135. The van der Waals surface area contributed by atoms with Crippen LogP contribution in [-0.2, 0) is 11.3 Å². The average molecular weight is 287 g/mol. The van der Waals surface area contributed by atoms with Gasteiger partial charge in [-0.15, -0.1) is 0 Å².